The lowest BCUT2D eigenvalue weighted by molar-refractivity contribution is -0.162. The highest BCUT2D eigenvalue weighted by atomic mass is 35.5. The zero-order chi connectivity index (χ0) is 89.3. The zero-order valence-corrected chi connectivity index (χ0v) is 73.6. The van der Waals surface area contributed by atoms with Crippen molar-refractivity contribution in [3.05, 3.63) is 47.8 Å². The smallest absolute Gasteiger partial charge is 0.326 e. The average molecular weight is 1820 g/mol. The molecule has 2 saturated heterocycles. The van der Waals surface area contributed by atoms with Gasteiger partial charge in [0, 0.05) is 48.6 Å². The van der Waals surface area contributed by atoms with E-state index in [1.165, 1.54) is 50.0 Å². The summed E-state index contributed by atoms with van der Waals surface area (Å²) in [6.45, 7) is 16.5. The summed E-state index contributed by atoms with van der Waals surface area (Å²) in [7, 11) is -5.07. The molecule has 28 nitrogen and oxygen atoms in total. The topological polar surface area (TPSA) is 381 Å². The number of aromatic nitrogens is 4. The highest BCUT2D eigenvalue weighted by Gasteiger charge is 2.68. The number of carbonyl (C=O) groups is 7. The van der Waals surface area contributed by atoms with E-state index in [4.69, 9.17) is 38.9 Å². The van der Waals surface area contributed by atoms with Crippen LogP contribution in [0.3, 0.4) is 0 Å². The van der Waals surface area contributed by atoms with E-state index in [1.54, 1.807) is 45.0 Å². The van der Waals surface area contributed by atoms with Gasteiger partial charge in [0.15, 0.2) is 11.4 Å². The van der Waals surface area contributed by atoms with E-state index < -0.39 is 214 Å². The molecule has 124 heavy (non-hydrogen) atoms. The van der Waals surface area contributed by atoms with Crippen molar-refractivity contribution in [3.63, 3.8) is 0 Å². The molecular formula is C85H118ClF8N9O19S2. The minimum atomic E-state index is -4.20. The van der Waals surface area contributed by atoms with Gasteiger partial charge in [0.25, 0.3) is 17.8 Å². The van der Waals surface area contributed by atoms with Gasteiger partial charge in [0.05, 0.1) is 95.6 Å². The summed E-state index contributed by atoms with van der Waals surface area (Å²) in [5.41, 5.74) is -0.0809. The van der Waals surface area contributed by atoms with Crippen molar-refractivity contribution in [1.29, 1.82) is 0 Å². The third-order valence-corrected chi connectivity index (χ3v) is 30.6. The summed E-state index contributed by atoms with van der Waals surface area (Å²) < 4.78 is 211. The molecule has 10 aliphatic rings. The van der Waals surface area contributed by atoms with Crippen LogP contribution in [0, 0.1) is 63.6 Å². The van der Waals surface area contributed by atoms with Crippen LogP contribution in [0.1, 0.15) is 229 Å². The number of carboxylic acids is 1. The number of hydrogen-bond acceptors (Lipinski definition) is 23. The Morgan fingerprint density at radius 3 is 1.40 bits per heavy atom. The lowest BCUT2D eigenvalue weighted by atomic mass is 9.77. The number of carbonyl (C=O) groups excluding carboxylic acids is 6. The van der Waals surface area contributed by atoms with Crippen molar-refractivity contribution >= 4 is 96.1 Å². The molecule has 2 aromatic carbocycles. The Balaban J connectivity index is 0.000000220. The van der Waals surface area contributed by atoms with Crippen LogP contribution in [0.4, 0.5) is 35.1 Å². The Hall–Kier alpha value is -7.84. The van der Waals surface area contributed by atoms with Crippen LogP contribution < -0.4 is 34.1 Å². The number of benzene rings is 2. The van der Waals surface area contributed by atoms with Gasteiger partial charge >= 0.3 is 17.9 Å². The van der Waals surface area contributed by atoms with Crippen molar-refractivity contribution in [1.82, 2.24) is 39.2 Å². The second kappa shape index (κ2) is 37.1. The quantitative estimate of drug-likeness (QED) is 0.0531. The molecule has 692 valence electrons. The maximum atomic E-state index is 16.4. The molecule has 4 bridgehead atoms. The first-order chi connectivity index (χ1) is 57.0. The molecule has 0 unspecified atom stereocenters. The van der Waals surface area contributed by atoms with Gasteiger partial charge in [-0.15, -0.1) is 12.4 Å². The largest absolute Gasteiger partial charge is 0.497 e. The van der Waals surface area contributed by atoms with Crippen LogP contribution in [-0.2, 0) is 79.7 Å². The Labute approximate surface area is 724 Å². The van der Waals surface area contributed by atoms with Crippen molar-refractivity contribution in [2.45, 2.75) is 294 Å². The fraction of sp³-hybridized carbons (Fsp3) is 0.729. The Kier molecular flexibility index (Phi) is 29.4. The molecule has 6 saturated carbocycles. The Morgan fingerprint density at radius 2 is 1.01 bits per heavy atom. The van der Waals surface area contributed by atoms with Gasteiger partial charge in [0.2, 0.25) is 62.4 Å². The number of carboxylic acid groups (broad SMARTS) is 1. The van der Waals surface area contributed by atoms with Gasteiger partial charge in [-0.3, -0.25) is 38.2 Å². The number of nitrogens with one attached hydrogen (secondary N) is 2. The lowest BCUT2D eigenvalue weighted by Crippen LogP contribution is -2.50. The maximum Gasteiger partial charge on any atom is 0.326 e. The second-order valence-electron chi connectivity index (χ2n) is 37.6. The number of halogens is 9. The van der Waals surface area contributed by atoms with Crippen molar-refractivity contribution in [2.75, 3.05) is 33.9 Å². The van der Waals surface area contributed by atoms with Crippen LogP contribution >= 0.6 is 12.4 Å². The highest BCUT2D eigenvalue weighted by Crippen LogP contribution is 2.58. The van der Waals surface area contributed by atoms with Crippen molar-refractivity contribution in [3.8, 4) is 23.3 Å². The first kappa shape index (κ1) is 98.3. The first-order valence-corrected chi connectivity index (χ1v) is 45.1. The average Bonchev–Trinajstić information content (AvgIpc) is 1.56. The molecule has 4 aliphatic heterocycles. The summed E-state index contributed by atoms with van der Waals surface area (Å²) in [5.74, 6) is -18.4. The monoisotopic (exact) mass is 1820 g/mol. The van der Waals surface area contributed by atoms with Crippen LogP contribution in [-0.4, -0.2) is 192 Å². The van der Waals surface area contributed by atoms with Gasteiger partial charge < -0.3 is 53.8 Å². The number of ether oxygens (including phenoxy) is 7. The molecule has 4 amide bonds. The molecule has 6 aliphatic carbocycles. The number of sulfonamides is 2. The Bertz CT molecular complexity index is 4870. The number of rotatable bonds is 18. The van der Waals surface area contributed by atoms with E-state index in [-0.39, 0.29) is 130 Å². The second-order valence-corrected chi connectivity index (χ2v) is 42.0. The summed E-state index contributed by atoms with van der Waals surface area (Å²) in [4.78, 5) is 114. The van der Waals surface area contributed by atoms with E-state index in [0.29, 0.717) is 95.0 Å². The van der Waals surface area contributed by atoms with E-state index >= 15 is 17.6 Å². The van der Waals surface area contributed by atoms with Gasteiger partial charge in [0.1, 0.15) is 53.7 Å². The van der Waals surface area contributed by atoms with Gasteiger partial charge in [-0.25, -0.2) is 59.1 Å². The van der Waals surface area contributed by atoms with E-state index in [9.17, 15) is 73.1 Å². The highest BCUT2D eigenvalue weighted by molar-refractivity contribution is 7.92. The van der Waals surface area contributed by atoms with E-state index in [0.717, 1.165) is 0 Å². The van der Waals surface area contributed by atoms with Gasteiger partial charge in [-0.1, -0.05) is 88.5 Å². The van der Waals surface area contributed by atoms with Crippen molar-refractivity contribution in [2.24, 2.45) is 69.3 Å². The summed E-state index contributed by atoms with van der Waals surface area (Å²) in [5, 5.41) is 10.4. The van der Waals surface area contributed by atoms with E-state index in [1.807, 2.05) is 44.1 Å². The fourth-order valence-corrected chi connectivity index (χ4v) is 19.8. The zero-order valence-electron chi connectivity index (χ0n) is 71.2. The number of nitrogens with zero attached hydrogens (tertiary/aromatic N) is 6. The van der Waals surface area contributed by atoms with Crippen LogP contribution in [0.5, 0.6) is 23.3 Å². The summed E-state index contributed by atoms with van der Waals surface area (Å²) >= 11 is 0. The molecule has 8 fully saturated rings. The third-order valence-electron chi connectivity index (χ3n) is 26.3. The summed E-state index contributed by atoms with van der Waals surface area (Å²) in [6, 6.07) is 8.11. The molecule has 14 rings (SSSR count). The van der Waals surface area contributed by atoms with E-state index in [2.05, 4.69) is 19.9 Å². The number of methoxy groups -OCH3 is 2. The normalized spacial score (nSPS) is 30.6. The molecule has 39 heteroatoms. The molecule has 16 atom stereocenters. The standard InChI is InChI=1S/C42H56F4N4O9S.C33H43F2N3O7.C9H14F2N2O3S.CH4.ClH/c1-7-10-25-31-21-50(37(25)57-22-41(20-27(41)34(43)44)38(53)49-60(54,55)40(5)15-16-40)36(52)26(39(2,3)4)19-32(51)58-30-17-23(30)11-8-9-14-42(45,46)33-35(59-31)48-29-18-24(56-6)12-13-28(29)47-33;1-6-9-20-25-17-38(27(20)31(41)42)30(40)21(32(2,3)4)16-26(39)44-24-14-18(24)10-7-8-13-33(34,35)28-29(45-25)37-23-15-19(43-5)11-12-22(23)36-28;1-8(2-3-8)17(15,16)13-7(14)9(12)4-5(9)6(10)11;;/h12-13,18,23,25-27,30-31,34,37H,7-11,14-17,19-22H2,1-6H3,(H,49,53);11-12,15,18,20-21,24-25,27H,6-10,13-14,16-17H2,1-5H3,(H,41,42);5-6H,2-4,12H2,1H3,(H,13,14);1H4;1H/t23-,25-,26-,27+,30-,31+,37-,41-;18-,20-,21-,24-,25+,27+;5-,9+;;/m110../s1. The predicted octanol–water partition coefficient (Wildman–Crippen LogP) is 13.7. The van der Waals surface area contributed by atoms with Crippen LogP contribution in [0.25, 0.3) is 22.1 Å². The number of amides is 4. The number of alkyl halides is 8. The number of hydrogen-bond donors (Lipinski definition) is 4. The Morgan fingerprint density at radius 1 is 0.589 bits per heavy atom. The summed E-state index contributed by atoms with van der Waals surface area (Å²) in [6.07, 6.45) is -4.68. The number of fused-ring (bicyclic) bond motifs is 10. The molecule has 0 radical (unpaired) electrons. The SMILES string of the molecule is C.CC1(S(=O)(=O)NC(=O)[C@@]2(N)C[C@H]2C(F)F)CC1.CCC[C@@H]1[C@@H]2CN(C(=O)[C@H](C(C)(C)C)CC(=O)O[C@@H]3C[C@H]3CCCCC(F)(F)c3nc4ccc(OC)cc4nc3O2)[C@@H]1C(=O)O.CCC[C@@H]1[C@@H]2CN(C(=O)[C@H](C(C)(C)C)CC(=O)O[C@@H]3C[C@H]3CCCCC(F)(F)c3nc4ccc(OC)cc4nc3O2)[C@@H]1OC[C@]1(C(=O)NS(=O)(=O)C2(C)CC2)C[C@H]1C(F)F.Cl. The third kappa shape index (κ3) is 21.3. The lowest BCUT2D eigenvalue weighted by Gasteiger charge is -2.36. The molecular weight excluding hydrogens is 1700 g/mol. The predicted molar refractivity (Wildman–Crippen MR) is 439 cm³/mol. The maximum absolute atomic E-state index is 16.4. The van der Waals surface area contributed by atoms with Crippen molar-refractivity contribution < 1.29 is 124 Å². The van der Waals surface area contributed by atoms with Gasteiger partial charge in [-0.05, 0) is 151 Å². The number of esters is 2. The first-order valence-electron chi connectivity index (χ1n) is 42.1. The molecule has 5 N–H and O–H groups in total. The molecule has 4 aromatic rings. The van der Waals surface area contributed by atoms with Crippen LogP contribution in [0.15, 0.2) is 36.4 Å². The molecule has 2 aromatic heterocycles. The van der Waals surface area contributed by atoms with Crippen LogP contribution in [0.2, 0.25) is 0 Å². The minimum absolute atomic E-state index is 0. The molecule has 6 heterocycles. The number of aliphatic carboxylic acids is 1. The minimum Gasteiger partial charge on any atom is -0.497 e. The number of nitrogens with two attached hydrogens (primary N) is 1. The van der Waals surface area contributed by atoms with Gasteiger partial charge in [-0.2, -0.15) is 17.6 Å². The molecule has 0 spiro atoms. The fourth-order valence-electron chi connectivity index (χ4n) is 17.1.